The quantitative estimate of drug-likeness (QED) is 0.288. The van der Waals surface area contributed by atoms with Gasteiger partial charge in [-0.15, -0.1) is 0 Å². The fraction of sp³-hybridized carbons (Fsp3) is 0.720. The molecule has 0 heterocycles. The Balaban J connectivity index is 0.00000841. The van der Waals surface area contributed by atoms with Gasteiger partial charge < -0.3 is 19.7 Å². The van der Waals surface area contributed by atoms with Crippen molar-refractivity contribution in [3.63, 3.8) is 0 Å². The number of carboxylic acid groups (broad SMARTS) is 1. The number of carboxylic acids is 1. The molecule has 0 saturated carbocycles. The first-order valence-electron chi connectivity index (χ1n) is 11.7. The van der Waals surface area contributed by atoms with Crippen molar-refractivity contribution in [1.29, 1.82) is 0 Å². The summed E-state index contributed by atoms with van der Waals surface area (Å²) in [5, 5.41) is 20.4. The monoisotopic (exact) mass is 428 g/mol. The first kappa shape index (κ1) is 29.3. The summed E-state index contributed by atoms with van der Waals surface area (Å²) in [5.74, 6) is -0.347. The van der Waals surface area contributed by atoms with Crippen LogP contribution >= 0.6 is 0 Å². The molecule has 1 rings (SSSR count). The van der Waals surface area contributed by atoms with E-state index in [2.05, 4.69) is 13.8 Å². The Kier molecular flexibility index (Phi) is 18.6. The van der Waals surface area contributed by atoms with Crippen LogP contribution in [0.1, 0.15) is 114 Å². The van der Waals surface area contributed by atoms with Crippen molar-refractivity contribution in [2.75, 3.05) is 6.61 Å². The Labute approximate surface area is 206 Å². The van der Waals surface area contributed by atoms with Crippen molar-refractivity contribution in [2.24, 2.45) is 5.92 Å². The van der Waals surface area contributed by atoms with E-state index in [4.69, 9.17) is 4.74 Å². The van der Waals surface area contributed by atoms with Crippen LogP contribution in [-0.4, -0.2) is 17.7 Å². The van der Waals surface area contributed by atoms with E-state index in [1.54, 1.807) is 6.07 Å². The largest absolute Gasteiger partial charge is 1.00 e. The Morgan fingerprint density at radius 2 is 1.33 bits per heavy atom. The van der Waals surface area contributed by atoms with Crippen LogP contribution < -0.4 is 39.4 Å². The molecule has 0 amide bonds. The zero-order valence-electron chi connectivity index (χ0n) is 19.6. The molecule has 30 heavy (non-hydrogen) atoms. The molecule has 0 spiro atoms. The number of aromatic hydroxyl groups is 1. The van der Waals surface area contributed by atoms with Gasteiger partial charge in [0.15, 0.2) is 0 Å². The maximum Gasteiger partial charge on any atom is 1.00 e. The van der Waals surface area contributed by atoms with Crippen molar-refractivity contribution in [3.05, 3.63) is 23.8 Å². The fourth-order valence-electron chi connectivity index (χ4n) is 3.56. The molecule has 0 atom stereocenters. The van der Waals surface area contributed by atoms with Crippen LogP contribution in [-0.2, 0) is 0 Å². The van der Waals surface area contributed by atoms with Crippen molar-refractivity contribution < 1.29 is 49.3 Å². The number of carbonyl (C=O) groups is 1. The van der Waals surface area contributed by atoms with E-state index in [9.17, 15) is 15.0 Å². The van der Waals surface area contributed by atoms with Crippen molar-refractivity contribution in [3.8, 4) is 11.5 Å². The van der Waals surface area contributed by atoms with E-state index >= 15 is 0 Å². The molecule has 5 heteroatoms. The third-order valence-corrected chi connectivity index (χ3v) is 5.38. The van der Waals surface area contributed by atoms with Gasteiger partial charge in [-0.2, -0.15) is 0 Å². The standard InChI is InChI=1S/C25H42O4.Na/c1-21(2)16-14-12-10-8-6-4-3-5-7-9-11-13-15-19-29-22-17-18-23(25(27)28)24(26)20-22;/h17-18,20-21,26H,3-16,19H2,1-2H3,(H,27,28);/q;+1/p-1. The summed E-state index contributed by atoms with van der Waals surface area (Å²) < 4.78 is 5.57. The summed E-state index contributed by atoms with van der Waals surface area (Å²) in [6.45, 7) is 5.20. The van der Waals surface area contributed by atoms with Crippen molar-refractivity contribution in [1.82, 2.24) is 0 Å². The SMILES string of the molecule is CC(C)CCCCCCCCCCCCCCCOc1ccc(C(=O)[O-])c(O)c1.[Na+]. The molecule has 0 bridgehead atoms. The molecule has 1 aromatic carbocycles. The zero-order chi connectivity index (χ0) is 21.3. The average molecular weight is 429 g/mol. The molecule has 0 saturated heterocycles. The van der Waals surface area contributed by atoms with Gasteiger partial charge in [0.05, 0.1) is 12.6 Å². The number of rotatable bonds is 18. The number of hydrogen-bond donors (Lipinski definition) is 1. The third kappa shape index (κ3) is 15.1. The van der Waals surface area contributed by atoms with E-state index in [0.717, 1.165) is 18.8 Å². The molecule has 0 fully saturated rings. The van der Waals surface area contributed by atoms with E-state index in [1.807, 2.05) is 0 Å². The molecular formula is C25H41NaO4. The molecule has 1 aromatic rings. The summed E-state index contributed by atoms with van der Waals surface area (Å²) in [6.07, 6.45) is 18.5. The van der Waals surface area contributed by atoms with Gasteiger partial charge in [0.2, 0.25) is 0 Å². The predicted octanol–water partition coefficient (Wildman–Crippen LogP) is 3.26. The minimum absolute atomic E-state index is 0. The normalized spacial score (nSPS) is 10.8. The summed E-state index contributed by atoms with van der Waals surface area (Å²) in [5.41, 5.74) is -0.209. The number of unbranched alkanes of at least 4 members (excludes halogenated alkanes) is 12. The second kappa shape index (κ2) is 19.0. The molecule has 4 nitrogen and oxygen atoms in total. The van der Waals surface area contributed by atoms with Crippen LogP contribution in [0.5, 0.6) is 11.5 Å². The molecule has 0 aliphatic rings. The van der Waals surface area contributed by atoms with Crippen LogP contribution in [0.15, 0.2) is 18.2 Å². The fourth-order valence-corrected chi connectivity index (χ4v) is 3.56. The Bertz CT molecular complexity index is 560. The number of phenols is 1. The second-order valence-corrected chi connectivity index (χ2v) is 8.59. The van der Waals surface area contributed by atoms with E-state index < -0.39 is 5.97 Å². The zero-order valence-corrected chi connectivity index (χ0v) is 21.6. The topological polar surface area (TPSA) is 69.6 Å². The van der Waals surface area contributed by atoms with Gasteiger partial charge in [-0.1, -0.05) is 97.3 Å². The predicted molar refractivity (Wildman–Crippen MR) is 117 cm³/mol. The van der Waals surface area contributed by atoms with Gasteiger partial charge in [-0.3, -0.25) is 0 Å². The van der Waals surface area contributed by atoms with Crippen molar-refractivity contribution in [2.45, 2.75) is 104 Å². The van der Waals surface area contributed by atoms with Crippen LogP contribution in [0.25, 0.3) is 0 Å². The number of hydrogen-bond acceptors (Lipinski definition) is 4. The molecule has 0 unspecified atom stereocenters. The molecule has 0 aliphatic carbocycles. The molecule has 0 aliphatic heterocycles. The molecule has 1 N–H and O–H groups in total. The minimum atomic E-state index is -1.38. The Morgan fingerprint density at radius 3 is 1.77 bits per heavy atom. The summed E-state index contributed by atoms with van der Waals surface area (Å²) in [7, 11) is 0. The van der Waals surface area contributed by atoms with Crippen LogP contribution in [0.3, 0.4) is 0 Å². The Hall–Kier alpha value is -0.710. The first-order chi connectivity index (χ1) is 14.0. The van der Waals surface area contributed by atoms with Crippen LogP contribution in [0, 0.1) is 5.92 Å². The molecular weight excluding hydrogens is 387 g/mol. The van der Waals surface area contributed by atoms with Crippen LogP contribution in [0.2, 0.25) is 0 Å². The van der Waals surface area contributed by atoms with Gasteiger partial charge in [-0.25, -0.2) is 0 Å². The number of carbonyl (C=O) groups excluding carboxylic acids is 1. The summed E-state index contributed by atoms with van der Waals surface area (Å²) in [4.78, 5) is 10.7. The van der Waals surface area contributed by atoms with Gasteiger partial charge in [0.1, 0.15) is 11.5 Å². The van der Waals surface area contributed by atoms with E-state index in [0.29, 0.717) is 12.4 Å². The van der Waals surface area contributed by atoms with Gasteiger partial charge in [-0.05, 0) is 24.5 Å². The molecule has 0 aromatic heterocycles. The number of benzene rings is 1. The molecule has 166 valence electrons. The smallest absolute Gasteiger partial charge is 0.545 e. The number of ether oxygens (including phenoxy) is 1. The second-order valence-electron chi connectivity index (χ2n) is 8.59. The maximum atomic E-state index is 10.7. The summed E-state index contributed by atoms with van der Waals surface area (Å²) >= 11 is 0. The average Bonchev–Trinajstić information content (AvgIpc) is 2.67. The summed E-state index contributed by atoms with van der Waals surface area (Å²) in [6, 6.07) is 4.19. The van der Waals surface area contributed by atoms with Gasteiger partial charge in [0, 0.05) is 11.6 Å². The van der Waals surface area contributed by atoms with Gasteiger partial charge in [0.25, 0.3) is 0 Å². The minimum Gasteiger partial charge on any atom is -0.545 e. The van der Waals surface area contributed by atoms with E-state index in [-0.39, 0.29) is 40.9 Å². The maximum absolute atomic E-state index is 10.7. The molecule has 0 radical (unpaired) electrons. The first-order valence-corrected chi connectivity index (χ1v) is 11.7. The Morgan fingerprint density at radius 1 is 0.867 bits per heavy atom. The van der Waals surface area contributed by atoms with Gasteiger partial charge >= 0.3 is 29.6 Å². The third-order valence-electron chi connectivity index (χ3n) is 5.38. The van der Waals surface area contributed by atoms with Crippen LogP contribution in [0.4, 0.5) is 0 Å². The number of aromatic carboxylic acids is 1. The van der Waals surface area contributed by atoms with E-state index in [1.165, 1.54) is 89.2 Å². The van der Waals surface area contributed by atoms with Crippen molar-refractivity contribution >= 4 is 5.97 Å².